The van der Waals surface area contributed by atoms with Crippen molar-refractivity contribution in [3.63, 3.8) is 0 Å². The molecule has 0 amide bonds. The smallest absolute Gasteiger partial charge is 0.128 e. The molecule has 1 heterocycles. The van der Waals surface area contributed by atoms with Gasteiger partial charge < -0.3 is 10.1 Å². The van der Waals surface area contributed by atoms with Gasteiger partial charge in [0.25, 0.3) is 0 Å². The van der Waals surface area contributed by atoms with E-state index in [2.05, 4.69) is 45.1 Å². The molecule has 2 heteroatoms. The van der Waals surface area contributed by atoms with Crippen LogP contribution in [-0.4, -0.2) is 12.6 Å². The van der Waals surface area contributed by atoms with E-state index in [0.29, 0.717) is 6.04 Å². The fourth-order valence-electron chi connectivity index (χ4n) is 2.90. The minimum absolute atomic E-state index is 0.000764. The highest BCUT2D eigenvalue weighted by atomic mass is 16.5. The summed E-state index contributed by atoms with van der Waals surface area (Å²) >= 11 is 0. The van der Waals surface area contributed by atoms with Gasteiger partial charge in [-0.25, -0.2) is 0 Å². The average molecular weight is 247 g/mol. The molecule has 1 aliphatic rings. The molecule has 0 aromatic heterocycles. The third kappa shape index (κ3) is 2.03. The van der Waals surface area contributed by atoms with E-state index in [1.165, 1.54) is 16.7 Å². The molecule has 18 heavy (non-hydrogen) atoms. The monoisotopic (exact) mass is 247 g/mol. The quantitative estimate of drug-likeness (QED) is 0.874. The van der Waals surface area contributed by atoms with Gasteiger partial charge in [-0.15, -0.1) is 0 Å². The maximum absolute atomic E-state index is 6.42. The Balaban J connectivity index is 2.52. The molecule has 1 atom stereocenters. The number of rotatable bonds is 3. The Labute approximate surface area is 111 Å². The predicted octanol–water partition coefficient (Wildman–Crippen LogP) is 3.91. The first-order valence-electron chi connectivity index (χ1n) is 7.03. The molecule has 1 N–H and O–H groups in total. The fourth-order valence-corrected chi connectivity index (χ4v) is 2.90. The molecular formula is C16H25NO. The summed E-state index contributed by atoms with van der Waals surface area (Å²) in [6.45, 7) is 8.78. The molecule has 1 aliphatic heterocycles. The summed E-state index contributed by atoms with van der Waals surface area (Å²) in [6, 6.07) is 4.83. The van der Waals surface area contributed by atoms with E-state index < -0.39 is 0 Å². The second-order valence-electron chi connectivity index (χ2n) is 5.46. The summed E-state index contributed by atoms with van der Waals surface area (Å²) < 4.78 is 6.42. The van der Waals surface area contributed by atoms with E-state index in [1.807, 2.05) is 7.05 Å². The van der Waals surface area contributed by atoms with Crippen molar-refractivity contribution in [2.24, 2.45) is 0 Å². The van der Waals surface area contributed by atoms with Crippen molar-refractivity contribution in [1.82, 2.24) is 5.32 Å². The fraction of sp³-hybridized carbons (Fsp3) is 0.625. The molecule has 2 nitrogen and oxygen atoms in total. The van der Waals surface area contributed by atoms with Crippen LogP contribution in [0.3, 0.4) is 0 Å². The van der Waals surface area contributed by atoms with Crippen molar-refractivity contribution in [3.8, 4) is 5.75 Å². The number of hydrogen-bond donors (Lipinski definition) is 1. The second kappa shape index (κ2) is 4.93. The van der Waals surface area contributed by atoms with Crippen LogP contribution in [0.1, 0.15) is 55.8 Å². The van der Waals surface area contributed by atoms with Crippen molar-refractivity contribution in [2.75, 3.05) is 7.05 Å². The van der Waals surface area contributed by atoms with Crippen molar-refractivity contribution < 1.29 is 4.74 Å². The van der Waals surface area contributed by atoms with Crippen molar-refractivity contribution in [1.29, 1.82) is 0 Å². The highest BCUT2D eigenvalue weighted by Crippen LogP contribution is 2.44. The molecule has 1 aromatic carbocycles. The van der Waals surface area contributed by atoms with Crippen LogP contribution >= 0.6 is 0 Å². The predicted molar refractivity (Wildman–Crippen MR) is 76.3 cm³/mol. The SMILES string of the molecule is CCC1(CC)CC(NC)c2ccc(C)c(C)c2O1. The molecule has 1 aromatic rings. The van der Waals surface area contributed by atoms with Gasteiger partial charge in [0, 0.05) is 18.0 Å². The van der Waals surface area contributed by atoms with Gasteiger partial charge in [0.15, 0.2) is 0 Å². The molecule has 0 fully saturated rings. The number of benzene rings is 1. The van der Waals surface area contributed by atoms with Crippen LogP contribution < -0.4 is 10.1 Å². The summed E-state index contributed by atoms with van der Waals surface area (Å²) in [5.41, 5.74) is 3.92. The first-order valence-corrected chi connectivity index (χ1v) is 7.03. The Kier molecular flexibility index (Phi) is 3.67. The lowest BCUT2D eigenvalue weighted by Crippen LogP contribution is -2.43. The number of fused-ring (bicyclic) bond motifs is 1. The molecule has 0 saturated heterocycles. The third-order valence-corrected chi connectivity index (χ3v) is 4.61. The second-order valence-corrected chi connectivity index (χ2v) is 5.46. The summed E-state index contributed by atoms with van der Waals surface area (Å²) in [5.74, 6) is 1.12. The maximum atomic E-state index is 6.42. The minimum atomic E-state index is -0.000764. The van der Waals surface area contributed by atoms with E-state index in [1.54, 1.807) is 0 Å². The lowest BCUT2D eigenvalue weighted by molar-refractivity contribution is 0.0231. The van der Waals surface area contributed by atoms with Crippen molar-refractivity contribution in [2.45, 2.75) is 58.6 Å². The third-order valence-electron chi connectivity index (χ3n) is 4.61. The number of hydrogen-bond acceptors (Lipinski definition) is 2. The van der Waals surface area contributed by atoms with Gasteiger partial charge in [0.1, 0.15) is 11.4 Å². The Morgan fingerprint density at radius 1 is 1.28 bits per heavy atom. The van der Waals surface area contributed by atoms with Gasteiger partial charge in [0.05, 0.1) is 0 Å². The summed E-state index contributed by atoms with van der Waals surface area (Å²) in [7, 11) is 2.05. The van der Waals surface area contributed by atoms with E-state index in [0.717, 1.165) is 25.0 Å². The van der Waals surface area contributed by atoms with Crippen molar-refractivity contribution in [3.05, 3.63) is 28.8 Å². The summed E-state index contributed by atoms with van der Waals surface area (Å²) in [5, 5.41) is 3.45. The lowest BCUT2D eigenvalue weighted by Gasteiger charge is -2.42. The minimum Gasteiger partial charge on any atom is -0.487 e. The van der Waals surface area contributed by atoms with Gasteiger partial charge in [-0.1, -0.05) is 26.0 Å². The van der Waals surface area contributed by atoms with E-state index >= 15 is 0 Å². The Morgan fingerprint density at radius 2 is 1.94 bits per heavy atom. The molecule has 1 unspecified atom stereocenters. The van der Waals surface area contributed by atoms with Gasteiger partial charge >= 0.3 is 0 Å². The van der Waals surface area contributed by atoms with Crippen LogP contribution in [0.4, 0.5) is 0 Å². The molecule has 0 radical (unpaired) electrons. The first kappa shape index (κ1) is 13.4. The zero-order valence-electron chi connectivity index (χ0n) is 12.3. The van der Waals surface area contributed by atoms with Crippen LogP contribution in [0.2, 0.25) is 0 Å². The van der Waals surface area contributed by atoms with E-state index in [-0.39, 0.29) is 5.60 Å². The average Bonchev–Trinajstić information content (AvgIpc) is 2.42. The van der Waals surface area contributed by atoms with Gasteiger partial charge in [-0.05, 0) is 44.9 Å². The summed E-state index contributed by atoms with van der Waals surface area (Å²) in [4.78, 5) is 0. The standard InChI is InChI=1S/C16H25NO/c1-6-16(7-2)10-14(17-5)13-9-8-11(3)12(4)15(13)18-16/h8-9,14,17H,6-7,10H2,1-5H3. The molecular weight excluding hydrogens is 222 g/mol. The Hall–Kier alpha value is -1.02. The van der Waals surface area contributed by atoms with Crippen LogP contribution in [0, 0.1) is 13.8 Å². The molecule has 0 spiro atoms. The van der Waals surface area contributed by atoms with Crippen LogP contribution in [0.5, 0.6) is 5.75 Å². The van der Waals surface area contributed by atoms with Gasteiger partial charge in [-0.3, -0.25) is 0 Å². The molecule has 0 aliphatic carbocycles. The Bertz CT molecular complexity index is 435. The zero-order valence-corrected chi connectivity index (χ0v) is 12.3. The van der Waals surface area contributed by atoms with E-state index in [4.69, 9.17) is 4.74 Å². The highest BCUT2D eigenvalue weighted by molar-refractivity contribution is 5.48. The van der Waals surface area contributed by atoms with Crippen LogP contribution in [-0.2, 0) is 0 Å². The normalized spacial score (nSPS) is 21.3. The van der Waals surface area contributed by atoms with Crippen LogP contribution in [0.15, 0.2) is 12.1 Å². The Morgan fingerprint density at radius 3 is 2.50 bits per heavy atom. The maximum Gasteiger partial charge on any atom is 0.128 e. The molecule has 2 rings (SSSR count). The largest absolute Gasteiger partial charge is 0.487 e. The van der Waals surface area contributed by atoms with Crippen molar-refractivity contribution >= 4 is 0 Å². The molecule has 0 saturated carbocycles. The lowest BCUT2D eigenvalue weighted by atomic mass is 9.82. The van der Waals surface area contributed by atoms with Gasteiger partial charge in [0.2, 0.25) is 0 Å². The number of nitrogens with one attached hydrogen (secondary N) is 1. The zero-order chi connectivity index (χ0) is 13.3. The number of ether oxygens (including phenoxy) is 1. The molecule has 0 bridgehead atoms. The van der Waals surface area contributed by atoms with Crippen LogP contribution in [0.25, 0.3) is 0 Å². The highest BCUT2D eigenvalue weighted by Gasteiger charge is 2.38. The topological polar surface area (TPSA) is 21.3 Å². The number of aryl methyl sites for hydroxylation is 1. The first-order chi connectivity index (χ1) is 8.56. The van der Waals surface area contributed by atoms with Gasteiger partial charge in [-0.2, -0.15) is 0 Å². The molecule has 100 valence electrons. The van der Waals surface area contributed by atoms with E-state index in [9.17, 15) is 0 Å². The summed E-state index contributed by atoms with van der Waals surface area (Å²) in [6.07, 6.45) is 3.19.